The van der Waals surface area contributed by atoms with E-state index >= 15 is 0 Å². The Morgan fingerprint density at radius 1 is 1.05 bits per heavy atom. The van der Waals surface area contributed by atoms with Gasteiger partial charge < -0.3 is 10.1 Å². The molecule has 0 aromatic heterocycles. The van der Waals surface area contributed by atoms with Gasteiger partial charge in [-0.1, -0.05) is 12.8 Å². The van der Waals surface area contributed by atoms with Crippen LogP contribution in [0.15, 0.2) is 0 Å². The molecule has 3 nitrogen and oxygen atoms in total. The Bertz CT molecular complexity index is 313. The number of piperidine rings is 1. The van der Waals surface area contributed by atoms with Crippen molar-refractivity contribution in [1.82, 2.24) is 10.2 Å². The summed E-state index contributed by atoms with van der Waals surface area (Å²) in [5.41, 5.74) is 0.315. The van der Waals surface area contributed by atoms with Crippen molar-refractivity contribution in [3.05, 3.63) is 0 Å². The van der Waals surface area contributed by atoms with Crippen molar-refractivity contribution in [2.75, 3.05) is 26.2 Å². The molecule has 3 heteroatoms. The number of nitrogens with one attached hydrogen (secondary N) is 1. The predicted molar refractivity (Wildman–Crippen MR) is 76.3 cm³/mol. The number of likely N-dealkylation sites (tertiary alicyclic amines) is 1. The molecular weight excluding hydrogens is 236 g/mol. The van der Waals surface area contributed by atoms with Crippen LogP contribution in [0, 0.1) is 5.92 Å². The summed E-state index contributed by atoms with van der Waals surface area (Å²) in [5, 5.41) is 3.70. The van der Waals surface area contributed by atoms with Gasteiger partial charge in [-0.3, -0.25) is 4.90 Å². The fourth-order valence-electron chi connectivity index (χ4n) is 4.98. The topological polar surface area (TPSA) is 24.5 Å². The molecule has 3 heterocycles. The summed E-state index contributed by atoms with van der Waals surface area (Å²) in [6.07, 6.45) is 11.4. The number of ether oxygens (including phenoxy) is 1. The second kappa shape index (κ2) is 5.01. The van der Waals surface area contributed by atoms with Gasteiger partial charge in [-0.2, -0.15) is 0 Å². The highest BCUT2D eigenvalue weighted by Crippen LogP contribution is 2.43. The van der Waals surface area contributed by atoms with Gasteiger partial charge >= 0.3 is 0 Å². The van der Waals surface area contributed by atoms with Crippen LogP contribution >= 0.6 is 0 Å². The summed E-state index contributed by atoms with van der Waals surface area (Å²) >= 11 is 0. The van der Waals surface area contributed by atoms with E-state index in [9.17, 15) is 0 Å². The van der Waals surface area contributed by atoms with Crippen molar-refractivity contribution in [1.29, 1.82) is 0 Å². The Kier molecular flexibility index (Phi) is 3.33. The lowest BCUT2D eigenvalue weighted by Gasteiger charge is -2.26. The van der Waals surface area contributed by atoms with Crippen LogP contribution in [-0.2, 0) is 4.74 Å². The fourth-order valence-corrected chi connectivity index (χ4v) is 4.98. The van der Waals surface area contributed by atoms with E-state index in [2.05, 4.69) is 10.2 Å². The summed E-state index contributed by atoms with van der Waals surface area (Å²) in [7, 11) is 0. The lowest BCUT2D eigenvalue weighted by molar-refractivity contribution is -0.0456. The van der Waals surface area contributed by atoms with Gasteiger partial charge in [0.25, 0.3) is 0 Å². The van der Waals surface area contributed by atoms with Gasteiger partial charge in [0, 0.05) is 25.7 Å². The summed E-state index contributed by atoms with van der Waals surface area (Å²) in [5.74, 6) is 0.913. The third kappa shape index (κ3) is 2.45. The van der Waals surface area contributed by atoms with Gasteiger partial charge in [0.2, 0.25) is 0 Å². The van der Waals surface area contributed by atoms with Gasteiger partial charge in [-0.15, -0.1) is 0 Å². The Balaban J connectivity index is 1.31. The van der Waals surface area contributed by atoms with Gasteiger partial charge in [0.1, 0.15) is 0 Å². The molecule has 1 unspecified atom stereocenters. The van der Waals surface area contributed by atoms with Crippen LogP contribution < -0.4 is 5.32 Å². The first-order valence-corrected chi connectivity index (χ1v) is 8.47. The lowest BCUT2D eigenvalue weighted by Crippen LogP contribution is -2.41. The number of rotatable bonds is 2. The van der Waals surface area contributed by atoms with Crippen LogP contribution in [0.3, 0.4) is 0 Å². The third-order valence-electron chi connectivity index (χ3n) is 5.99. The van der Waals surface area contributed by atoms with Crippen LogP contribution in [0.4, 0.5) is 0 Å². The Morgan fingerprint density at radius 2 is 1.95 bits per heavy atom. The van der Waals surface area contributed by atoms with Crippen molar-refractivity contribution >= 4 is 0 Å². The number of fused-ring (bicyclic) bond motifs is 1. The molecule has 0 aromatic rings. The van der Waals surface area contributed by atoms with E-state index in [0.717, 1.165) is 12.0 Å². The summed E-state index contributed by atoms with van der Waals surface area (Å²) in [4.78, 5) is 2.67. The predicted octanol–water partition coefficient (Wildman–Crippen LogP) is 2.16. The molecule has 1 aliphatic carbocycles. The molecule has 4 rings (SSSR count). The Labute approximate surface area is 117 Å². The van der Waals surface area contributed by atoms with Crippen LogP contribution in [0.25, 0.3) is 0 Å². The fraction of sp³-hybridized carbons (Fsp3) is 1.00. The Morgan fingerprint density at radius 3 is 2.79 bits per heavy atom. The molecule has 0 aromatic carbocycles. The zero-order chi connectivity index (χ0) is 12.7. The van der Waals surface area contributed by atoms with E-state index in [1.165, 1.54) is 77.5 Å². The second-order valence-corrected chi connectivity index (χ2v) is 7.35. The van der Waals surface area contributed by atoms with E-state index in [1.54, 1.807) is 0 Å². The van der Waals surface area contributed by atoms with Crippen molar-refractivity contribution in [3.8, 4) is 0 Å². The van der Waals surface area contributed by atoms with E-state index in [-0.39, 0.29) is 0 Å². The molecule has 0 radical (unpaired) electrons. The van der Waals surface area contributed by atoms with Crippen LogP contribution in [0.1, 0.15) is 51.4 Å². The lowest BCUT2D eigenvalue weighted by atomic mass is 9.94. The molecule has 3 saturated heterocycles. The van der Waals surface area contributed by atoms with Crippen molar-refractivity contribution < 1.29 is 4.74 Å². The number of hydrogen-bond acceptors (Lipinski definition) is 3. The minimum absolute atomic E-state index is 0.315. The van der Waals surface area contributed by atoms with Crippen LogP contribution in [-0.4, -0.2) is 48.8 Å². The monoisotopic (exact) mass is 264 g/mol. The normalized spacial score (nSPS) is 42.0. The minimum Gasteiger partial charge on any atom is -0.370 e. The van der Waals surface area contributed by atoms with Gasteiger partial charge in [0.15, 0.2) is 0 Å². The molecule has 1 spiro atoms. The maximum Gasteiger partial charge on any atom is 0.0710 e. The summed E-state index contributed by atoms with van der Waals surface area (Å²) in [6, 6.07) is 0.774. The standard InChI is InChI=1S/C16H28N2O/c1-2-7-16(6-1)8-5-14(19-16)11-18-10-13-4-3-9-17-15(13)12-18/h13-15,17H,1-12H2/t13-,14?,15+/m0/s1. The Hall–Kier alpha value is -0.120. The average molecular weight is 264 g/mol. The highest BCUT2D eigenvalue weighted by Gasteiger charge is 2.43. The first-order valence-electron chi connectivity index (χ1n) is 8.47. The molecule has 108 valence electrons. The molecule has 3 atom stereocenters. The summed E-state index contributed by atoms with van der Waals surface area (Å²) < 4.78 is 6.46. The SMILES string of the molecule is C1CN[C@@H]2CN(CC3CCC4(CCCC4)O3)C[C@@H]2C1. The van der Waals surface area contributed by atoms with Crippen molar-refractivity contribution in [2.24, 2.45) is 5.92 Å². The second-order valence-electron chi connectivity index (χ2n) is 7.35. The molecule has 4 fully saturated rings. The maximum atomic E-state index is 6.46. The molecule has 4 aliphatic rings. The first kappa shape index (κ1) is 12.6. The first-order chi connectivity index (χ1) is 9.33. The van der Waals surface area contributed by atoms with Gasteiger partial charge in [0.05, 0.1) is 11.7 Å². The van der Waals surface area contributed by atoms with E-state index in [4.69, 9.17) is 4.74 Å². The van der Waals surface area contributed by atoms with Crippen LogP contribution in [0.2, 0.25) is 0 Å². The zero-order valence-corrected chi connectivity index (χ0v) is 12.1. The van der Waals surface area contributed by atoms with Crippen LogP contribution in [0.5, 0.6) is 0 Å². The third-order valence-corrected chi connectivity index (χ3v) is 5.99. The quantitative estimate of drug-likeness (QED) is 0.827. The zero-order valence-electron chi connectivity index (χ0n) is 12.1. The summed E-state index contributed by atoms with van der Waals surface area (Å²) in [6.45, 7) is 5.00. The highest BCUT2D eigenvalue weighted by molar-refractivity contribution is 4.96. The molecule has 3 aliphatic heterocycles. The molecule has 1 N–H and O–H groups in total. The maximum absolute atomic E-state index is 6.46. The molecule has 0 amide bonds. The number of nitrogens with zero attached hydrogens (tertiary/aromatic N) is 1. The smallest absolute Gasteiger partial charge is 0.0710 e. The van der Waals surface area contributed by atoms with Crippen molar-refractivity contribution in [2.45, 2.75) is 69.1 Å². The van der Waals surface area contributed by atoms with Gasteiger partial charge in [-0.05, 0) is 51.0 Å². The van der Waals surface area contributed by atoms with Gasteiger partial charge in [-0.25, -0.2) is 0 Å². The molecule has 1 saturated carbocycles. The van der Waals surface area contributed by atoms with E-state index in [1.807, 2.05) is 0 Å². The molecular formula is C16H28N2O. The molecule has 19 heavy (non-hydrogen) atoms. The highest BCUT2D eigenvalue weighted by atomic mass is 16.5. The largest absolute Gasteiger partial charge is 0.370 e. The average Bonchev–Trinajstić information content (AvgIpc) is 3.11. The number of hydrogen-bond donors (Lipinski definition) is 1. The minimum atomic E-state index is 0.315. The van der Waals surface area contributed by atoms with Crippen molar-refractivity contribution in [3.63, 3.8) is 0 Å². The van der Waals surface area contributed by atoms with E-state index in [0.29, 0.717) is 11.7 Å². The van der Waals surface area contributed by atoms with E-state index < -0.39 is 0 Å². The molecule has 0 bridgehead atoms.